The van der Waals surface area contributed by atoms with E-state index in [4.69, 9.17) is 15.7 Å². The number of carbonyl (C=O) groups is 1. The fourth-order valence-electron chi connectivity index (χ4n) is 2.26. The van der Waals surface area contributed by atoms with E-state index in [-0.39, 0.29) is 11.3 Å². The molecule has 0 amide bonds. The summed E-state index contributed by atoms with van der Waals surface area (Å²) >= 11 is 0. The van der Waals surface area contributed by atoms with E-state index in [1.165, 1.54) is 25.3 Å². The number of rotatable bonds is 6. The smallest absolute Gasteiger partial charge is 0.324 e. The Bertz CT molecular complexity index is 919. The molecule has 0 aliphatic carbocycles. The third-order valence-corrected chi connectivity index (χ3v) is 4.92. The minimum Gasteiger partial charge on any atom is -0.468 e. The van der Waals surface area contributed by atoms with Gasteiger partial charge in [0.2, 0.25) is 10.0 Å². The molecule has 3 N–H and O–H groups in total. The molecular weight excluding hydrogens is 342 g/mol. The highest BCUT2D eigenvalue weighted by atomic mass is 32.2. The quantitative estimate of drug-likeness (QED) is 0.590. The average Bonchev–Trinajstić information content (AvgIpc) is 2.60. The van der Waals surface area contributed by atoms with Crippen LogP contribution in [0.1, 0.15) is 11.1 Å². The molecule has 0 saturated heterocycles. The summed E-state index contributed by atoms with van der Waals surface area (Å²) in [5.74, 6) is -0.727. The molecule has 2 aromatic carbocycles. The summed E-state index contributed by atoms with van der Waals surface area (Å²) in [6.45, 7) is 0. The number of sulfonamides is 1. The van der Waals surface area contributed by atoms with Crippen LogP contribution in [0.15, 0.2) is 53.4 Å². The van der Waals surface area contributed by atoms with Gasteiger partial charge in [0.15, 0.2) is 0 Å². The first-order valence-corrected chi connectivity index (χ1v) is 8.79. The van der Waals surface area contributed by atoms with Crippen molar-refractivity contribution in [1.29, 1.82) is 5.26 Å². The molecule has 2 rings (SSSR count). The lowest BCUT2D eigenvalue weighted by atomic mass is 10.0. The Balaban J connectivity index is 2.29. The summed E-state index contributed by atoms with van der Waals surface area (Å²) in [5.41, 5.74) is 6.95. The van der Waals surface area contributed by atoms with Gasteiger partial charge in [0, 0.05) is 5.69 Å². The van der Waals surface area contributed by atoms with Gasteiger partial charge in [0.25, 0.3) is 0 Å². The third kappa shape index (κ3) is 4.79. The minimum atomic E-state index is -3.97. The SMILES string of the molecule is COC(=O)[C@@H](Cc1cccc(C#N)c1)NS(=O)(=O)c1cccc(N)c1. The fraction of sp³-hybridized carbons (Fsp3) is 0.176. The number of carbonyl (C=O) groups excluding carboxylic acids is 1. The maximum atomic E-state index is 12.5. The third-order valence-electron chi connectivity index (χ3n) is 3.45. The van der Waals surface area contributed by atoms with Crippen LogP contribution in [0.3, 0.4) is 0 Å². The second-order valence-electron chi connectivity index (χ2n) is 5.29. The second kappa shape index (κ2) is 7.79. The average molecular weight is 359 g/mol. The first-order chi connectivity index (χ1) is 11.9. The highest BCUT2D eigenvalue weighted by molar-refractivity contribution is 7.89. The van der Waals surface area contributed by atoms with Crippen molar-refractivity contribution in [3.8, 4) is 6.07 Å². The van der Waals surface area contributed by atoms with Crippen molar-refractivity contribution in [2.45, 2.75) is 17.4 Å². The number of ether oxygens (including phenoxy) is 1. The Labute approximate surface area is 146 Å². The zero-order valence-electron chi connectivity index (χ0n) is 13.5. The molecule has 0 aliphatic rings. The van der Waals surface area contributed by atoms with E-state index >= 15 is 0 Å². The number of hydrogen-bond acceptors (Lipinski definition) is 6. The van der Waals surface area contributed by atoms with E-state index in [0.717, 1.165) is 0 Å². The fourth-order valence-corrected chi connectivity index (χ4v) is 3.50. The highest BCUT2D eigenvalue weighted by Gasteiger charge is 2.27. The number of nitrogen functional groups attached to an aromatic ring is 1. The minimum absolute atomic E-state index is 0.0454. The van der Waals surface area contributed by atoms with E-state index in [9.17, 15) is 13.2 Å². The molecule has 8 heteroatoms. The molecule has 0 unspecified atom stereocenters. The Hall–Kier alpha value is -2.89. The number of nitrogens with zero attached hydrogens (tertiary/aromatic N) is 1. The number of anilines is 1. The summed E-state index contributed by atoms with van der Waals surface area (Å²) in [7, 11) is -2.79. The number of nitriles is 1. The standard InChI is InChI=1S/C17H17N3O4S/c1-24-17(21)16(9-12-4-2-5-13(8-12)11-18)20-25(22,23)15-7-3-6-14(19)10-15/h2-8,10,16,20H,9,19H2,1H3/t16-/m1/s1. The molecule has 0 aromatic heterocycles. The molecule has 0 aliphatic heterocycles. The molecule has 0 saturated carbocycles. The van der Waals surface area contributed by atoms with E-state index in [1.54, 1.807) is 30.3 Å². The number of esters is 1. The number of nitrogens with one attached hydrogen (secondary N) is 1. The summed E-state index contributed by atoms with van der Waals surface area (Å²) in [5, 5.41) is 8.95. The van der Waals surface area contributed by atoms with Crippen molar-refractivity contribution < 1.29 is 17.9 Å². The van der Waals surface area contributed by atoms with Gasteiger partial charge in [0.1, 0.15) is 6.04 Å². The molecule has 0 spiro atoms. The molecule has 1 atom stereocenters. The Morgan fingerprint density at radius 1 is 1.28 bits per heavy atom. The van der Waals surface area contributed by atoms with Crippen LogP contribution >= 0.6 is 0 Å². The molecule has 0 bridgehead atoms. The number of hydrogen-bond donors (Lipinski definition) is 2. The zero-order chi connectivity index (χ0) is 18.4. The predicted octanol–water partition coefficient (Wildman–Crippen LogP) is 1.20. The van der Waals surface area contributed by atoms with Gasteiger partial charge in [0.05, 0.1) is 23.6 Å². The van der Waals surface area contributed by atoms with Gasteiger partial charge >= 0.3 is 5.97 Å². The molecular formula is C17H17N3O4S. The van der Waals surface area contributed by atoms with Gasteiger partial charge in [-0.15, -0.1) is 0 Å². The number of nitrogens with two attached hydrogens (primary N) is 1. The Morgan fingerprint density at radius 2 is 2.00 bits per heavy atom. The van der Waals surface area contributed by atoms with Crippen LogP contribution in [0.4, 0.5) is 5.69 Å². The van der Waals surface area contributed by atoms with Gasteiger partial charge in [-0.1, -0.05) is 18.2 Å². The van der Waals surface area contributed by atoms with Crippen LogP contribution in [0.2, 0.25) is 0 Å². The van der Waals surface area contributed by atoms with E-state index in [1.807, 2.05) is 6.07 Å². The molecule has 0 fully saturated rings. The van der Waals surface area contributed by atoms with Crippen molar-refractivity contribution >= 4 is 21.7 Å². The van der Waals surface area contributed by atoms with Crippen molar-refractivity contribution in [2.24, 2.45) is 0 Å². The van der Waals surface area contributed by atoms with Crippen molar-refractivity contribution in [3.05, 3.63) is 59.7 Å². The van der Waals surface area contributed by atoms with Gasteiger partial charge < -0.3 is 10.5 Å². The summed E-state index contributed by atoms with van der Waals surface area (Å²) in [4.78, 5) is 12.0. The van der Waals surface area contributed by atoms with Crippen LogP contribution in [0, 0.1) is 11.3 Å². The van der Waals surface area contributed by atoms with Crippen LogP contribution in [0.25, 0.3) is 0 Å². The lowest BCUT2D eigenvalue weighted by Crippen LogP contribution is -2.43. The van der Waals surface area contributed by atoms with Crippen molar-refractivity contribution in [1.82, 2.24) is 4.72 Å². The van der Waals surface area contributed by atoms with Crippen LogP contribution in [-0.4, -0.2) is 27.5 Å². The zero-order valence-corrected chi connectivity index (χ0v) is 14.3. The monoisotopic (exact) mass is 359 g/mol. The number of methoxy groups -OCH3 is 1. The maximum Gasteiger partial charge on any atom is 0.324 e. The summed E-state index contributed by atoms with van der Waals surface area (Å²) in [6.07, 6.45) is 0.0454. The van der Waals surface area contributed by atoms with Gasteiger partial charge in [-0.2, -0.15) is 9.98 Å². The van der Waals surface area contributed by atoms with E-state index < -0.39 is 22.0 Å². The lowest BCUT2D eigenvalue weighted by Gasteiger charge is -2.17. The summed E-state index contributed by atoms with van der Waals surface area (Å²) in [6, 6.07) is 13.2. The Morgan fingerprint density at radius 3 is 2.64 bits per heavy atom. The molecule has 130 valence electrons. The molecule has 7 nitrogen and oxygen atoms in total. The van der Waals surface area contributed by atoms with Crippen LogP contribution in [0.5, 0.6) is 0 Å². The predicted molar refractivity (Wildman–Crippen MR) is 91.8 cm³/mol. The van der Waals surface area contributed by atoms with Gasteiger partial charge in [-0.3, -0.25) is 4.79 Å². The van der Waals surface area contributed by atoms with Crippen LogP contribution in [-0.2, 0) is 26.0 Å². The molecule has 2 aromatic rings. The van der Waals surface area contributed by atoms with E-state index in [2.05, 4.69) is 4.72 Å². The number of benzene rings is 2. The van der Waals surface area contributed by atoms with Crippen molar-refractivity contribution in [3.63, 3.8) is 0 Å². The van der Waals surface area contributed by atoms with Crippen molar-refractivity contribution in [2.75, 3.05) is 12.8 Å². The molecule has 0 radical (unpaired) electrons. The molecule has 25 heavy (non-hydrogen) atoms. The van der Waals surface area contributed by atoms with Gasteiger partial charge in [-0.05, 0) is 42.3 Å². The highest BCUT2D eigenvalue weighted by Crippen LogP contribution is 2.15. The first-order valence-electron chi connectivity index (χ1n) is 7.30. The Kier molecular flexibility index (Phi) is 5.75. The normalized spacial score (nSPS) is 12.2. The lowest BCUT2D eigenvalue weighted by molar-refractivity contribution is -0.142. The largest absolute Gasteiger partial charge is 0.468 e. The first kappa shape index (κ1) is 18.4. The molecule has 0 heterocycles. The maximum absolute atomic E-state index is 12.5. The topological polar surface area (TPSA) is 122 Å². The second-order valence-corrected chi connectivity index (χ2v) is 7.00. The van der Waals surface area contributed by atoms with E-state index in [0.29, 0.717) is 16.8 Å². The summed E-state index contributed by atoms with van der Waals surface area (Å²) < 4.78 is 32.0. The van der Waals surface area contributed by atoms with Crippen LogP contribution < -0.4 is 10.5 Å². The van der Waals surface area contributed by atoms with Gasteiger partial charge in [-0.25, -0.2) is 8.42 Å².